The van der Waals surface area contributed by atoms with Crippen molar-refractivity contribution in [1.29, 1.82) is 5.26 Å². The largest absolute Gasteiger partial charge is 0.360 e. The van der Waals surface area contributed by atoms with Crippen LogP contribution in [-0.4, -0.2) is 15.0 Å². The summed E-state index contributed by atoms with van der Waals surface area (Å²) in [6.07, 6.45) is 5.69. The van der Waals surface area contributed by atoms with Crippen LogP contribution in [0.2, 0.25) is 5.02 Å². The highest BCUT2D eigenvalue weighted by Crippen LogP contribution is 2.26. The van der Waals surface area contributed by atoms with Gasteiger partial charge in [-0.2, -0.15) is 5.26 Å². The summed E-state index contributed by atoms with van der Waals surface area (Å²) >= 11 is 6.16. The zero-order valence-electron chi connectivity index (χ0n) is 17.6. The Bertz CT molecular complexity index is 1520. The molecular weight excluding hydrogens is 437 g/mol. The van der Waals surface area contributed by atoms with Crippen molar-refractivity contribution in [2.45, 2.75) is 19.5 Å². The van der Waals surface area contributed by atoms with E-state index in [4.69, 9.17) is 16.9 Å². The summed E-state index contributed by atoms with van der Waals surface area (Å²) < 4.78 is 14.4. The van der Waals surface area contributed by atoms with E-state index in [0.717, 1.165) is 33.1 Å². The van der Waals surface area contributed by atoms with Gasteiger partial charge in [0.25, 0.3) is 0 Å². The van der Waals surface area contributed by atoms with Gasteiger partial charge in [-0.3, -0.25) is 9.97 Å². The topological polar surface area (TPSA) is 77.4 Å². The highest BCUT2D eigenvalue weighted by Gasteiger charge is 2.09. The van der Waals surface area contributed by atoms with Crippen molar-refractivity contribution in [2.24, 2.45) is 0 Å². The summed E-state index contributed by atoms with van der Waals surface area (Å²) in [5.74, 6) is -0.269. The van der Waals surface area contributed by atoms with Gasteiger partial charge in [0.15, 0.2) is 0 Å². The second kappa shape index (κ2) is 8.99. The van der Waals surface area contributed by atoms with Crippen molar-refractivity contribution in [3.8, 4) is 6.07 Å². The second-order valence-corrected chi connectivity index (χ2v) is 8.33. The highest BCUT2D eigenvalue weighted by atomic mass is 35.5. The van der Waals surface area contributed by atoms with E-state index in [-0.39, 0.29) is 5.82 Å². The number of halogens is 2. The van der Waals surface area contributed by atoms with Gasteiger partial charge in [0.2, 0.25) is 0 Å². The van der Waals surface area contributed by atoms with Gasteiger partial charge < -0.3 is 10.3 Å². The molecule has 0 saturated carbocycles. The van der Waals surface area contributed by atoms with Crippen molar-refractivity contribution in [2.75, 3.05) is 0 Å². The van der Waals surface area contributed by atoms with Gasteiger partial charge in [0.1, 0.15) is 11.9 Å². The minimum atomic E-state index is -0.269. The molecule has 0 aliphatic carbocycles. The van der Waals surface area contributed by atoms with Crippen LogP contribution < -0.4 is 5.32 Å². The van der Waals surface area contributed by atoms with Crippen LogP contribution in [0.4, 0.5) is 4.39 Å². The number of nitriles is 1. The predicted molar refractivity (Wildman–Crippen MR) is 127 cm³/mol. The molecule has 0 aliphatic rings. The lowest BCUT2D eigenvalue weighted by Gasteiger charge is -2.09. The fourth-order valence-corrected chi connectivity index (χ4v) is 4.14. The second-order valence-electron chi connectivity index (χ2n) is 7.92. The quantitative estimate of drug-likeness (QED) is 0.346. The van der Waals surface area contributed by atoms with Crippen LogP contribution in [0.25, 0.3) is 21.8 Å². The number of aromatic nitrogens is 3. The van der Waals surface area contributed by atoms with E-state index >= 15 is 0 Å². The van der Waals surface area contributed by atoms with Crippen molar-refractivity contribution < 1.29 is 4.39 Å². The van der Waals surface area contributed by atoms with Crippen LogP contribution in [0.5, 0.6) is 0 Å². The third kappa shape index (κ3) is 4.56. The molecule has 0 aliphatic heterocycles. The molecule has 0 fully saturated rings. The SMILES string of the molecule is N#Cc1cnc2ccc(Cc3cc(CNCc4cc5c(Cl)c[nH]c5cc4F)ccn3)cc2c1. The molecule has 0 saturated heterocycles. The number of H-pyrrole nitrogens is 1. The summed E-state index contributed by atoms with van der Waals surface area (Å²) in [4.78, 5) is 11.8. The third-order valence-corrected chi connectivity index (χ3v) is 5.90. The molecule has 0 spiro atoms. The summed E-state index contributed by atoms with van der Waals surface area (Å²) in [6, 6.07) is 17.2. The van der Waals surface area contributed by atoms with Crippen LogP contribution in [0, 0.1) is 17.1 Å². The van der Waals surface area contributed by atoms with E-state index in [0.29, 0.717) is 41.2 Å². The van der Waals surface area contributed by atoms with E-state index in [9.17, 15) is 4.39 Å². The van der Waals surface area contributed by atoms with E-state index < -0.39 is 0 Å². The van der Waals surface area contributed by atoms with Gasteiger partial charge in [-0.25, -0.2) is 4.39 Å². The van der Waals surface area contributed by atoms with Crippen molar-refractivity contribution in [3.05, 3.63) is 106 Å². The monoisotopic (exact) mass is 455 g/mol. The minimum absolute atomic E-state index is 0.269. The first-order valence-corrected chi connectivity index (χ1v) is 10.8. The molecule has 0 atom stereocenters. The van der Waals surface area contributed by atoms with Crippen LogP contribution >= 0.6 is 11.6 Å². The molecule has 3 aromatic heterocycles. The molecule has 162 valence electrons. The Morgan fingerprint density at radius 3 is 2.82 bits per heavy atom. The van der Waals surface area contributed by atoms with E-state index in [1.54, 1.807) is 24.7 Å². The first-order valence-electron chi connectivity index (χ1n) is 10.5. The normalized spacial score (nSPS) is 11.2. The lowest BCUT2D eigenvalue weighted by molar-refractivity contribution is 0.589. The van der Waals surface area contributed by atoms with Crippen molar-refractivity contribution >= 4 is 33.4 Å². The minimum Gasteiger partial charge on any atom is -0.360 e. The van der Waals surface area contributed by atoms with Gasteiger partial charge in [-0.15, -0.1) is 0 Å². The van der Waals surface area contributed by atoms with Crippen LogP contribution in [0.1, 0.15) is 27.9 Å². The molecule has 5 nitrogen and oxygen atoms in total. The van der Waals surface area contributed by atoms with E-state index in [1.807, 2.05) is 36.4 Å². The molecule has 2 N–H and O–H groups in total. The summed E-state index contributed by atoms with van der Waals surface area (Å²) in [7, 11) is 0. The number of nitrogens with one attached hydrogen (secondary N) is 2. The number of nitrogens with zero attached hydrogens (tertiary/aromatic N) is 3. The molecule has 33 heavy (non-hydrogen) atoms. The number of benzene rings is 2. The Hall–Kier alpha value is -3.79. The van der Waals surface area contributed by atoms with Gasteiger partial charge in [0.05, 0.1) is 16.1 Å². The molecule has 5 aromatic rings. The number of fused-ring (bicyclic) bond motifs is 2. The maximum absolute atomic E-state index is 14.4. The number of hydrogen-bond donors (Lipinski definition) is 2. The molecule has 0 radical (unpaired) electrons. The maximum Gasteiger partial charge on any atom is 0.129 e. The van der Waals surface area contributed by atoms with Crippen molar-refractivity contribution in [1.82, 2.24) is 20.3 Å². The Labute approximate surface area is 194 Å². The van der Waals surface area contributed by atoms with Gasteiger partial charge in [-0.1, -0.05) is 17.7 Å². The molecule has 2 aromatic carbocycles. The summed E-state index contributed by atoms with van der Waals surface area (Å²) in [5.41, 5.74) is 5.75. The Morgan fingerprint density at radius 2 is 1.94 bits per heavy atom. The average molecular weight is 456 g/mol. The summed E-state index contributed by atoms with van der Waals surface area (Å²) in [6.45, 7) is 0.973. The van der Waals surface area contributed by atoms with E-state index in [2.05, 4.69) is 26.3 Å². The predicted octanol–water partition coefficient (Wildman–Crippen LogP) is 5.66. The van der Waals surface area contributed by atoms with Crippen LogP contribution in [0.15, 0.2) is 67.1 Å². The highest BCUT2D eigenvalue weighted by molar-refractivity contribution is 6.35. The zero-order valence-corrected chi connectivity index (χ0v) is 18.3. The Kier molecular flexibility index (Phi) is 5.74. The zero-order chi connectivity index (χ0) is 22.8. The molecular formula is C26H19ClFN5. The summed E-state index contributed by atoms with van der Waals surface area (Å²) in [5, 5.41) is 14.7. The molecule has 5 rings (SSSR count). The van der Waals surface area contributed by atoms with Crippen molar-refractivity contribution in [3.63, 3.8) is 0 Å². The molecule has 7 heteroatoms. The fourth-order valence-electron chi connectivity index (χ4n) is 3.93. The Morgan fingerprint density at radius 1 is 1.03 bits per heavy atom. The van der Waals surface area contributed by atoms with Gasteiger partial charge in [0, 0.05) is 65.6 Å². The molecule has 3 heterocycles. The molecule has 0 bridgehead atoms. The number of pyridine rings is 2. The smallest absolute Gasteiger partial charge is 0.129 e. The first kappa shape index (κ1) is 21.1. The van der Waals surface area contributed by atoms with E-state index in [1.165, 1.54) is 6.07 Å². The number of hydrogen-bond acceptors (Lipinski definition) is 4. The lowest BCUT2D eigenvalue weighted by Crippen LogP contribution is -2.14. The van der Waals surface area contributed by atoms with Gasteiger partial charge >= 0.3 is 0 Å². The fraction of sp³-hybridized carbons (Fsp3) is 0.115. The van der Waals surface area contributed by atoms with Gasteiger partial charge in [-0.05, 0) is 53.6 Å². The maximum atomic E-state index is 14.4. The third-order valence-electron chi connectivity index (χ3n) is 5.58. The standard InChI is InChI=1S/C26H19ClFN5/c27-23-15-33-26-10-24(28)20(9-22(23)26)14-30-12-17-3-4-31-21(8-17)7-16-1-2-25-19(5-16)6-18(11-29)13-32-25/h1-6,8-10,13,15,30,33H,7,12,14H2. The molecule has 0 unspecified atom stereocenters. The number of aromatic amines is 1. The number of rotatable bonds is 6. The first-order chi connectivity index (χ1) is 16.1. The molecule has 0 amide bonds. The van der Waals surface area contributed by atoms with Crippen LogP contribution in [-0.2, 0) is 19.5 Å². The lowest BCUT2D eigenvalue weighted by atomic mass is 10.0. The average Bonchev–Trinajstić information content (AvgIpc) is 3.18. The Balaban J connectivity index is 1.27. The van der Waals surface area contributed by atoms with Crippen LogP contribution in [0.3, 0.4) is 0 Å².